The molecule has 0 aromatic heterocycles. The lowest BCUT2D eigenvalue weighted by molar-refractivity contribution is 0.0208. The van der Waals surface area contributed by atoms with Crippen molar-refractivity contribution in [1.29, 1.82) is 0 Å². The number of fused-ring (bicyclic) bond motifs is 1. The van der Waals surface area contributed by atoms with E-state index >= 15 is 0 Å². The molecule has 2 aliphatic heterocycles. The summed E-state index contributed by atoms with van der Waals surface area (Å²) in [5.74, 6) is 0. The number of nitrogens with one attached hydrogen (secondary N) is 1. The van der Waals surface area contributed by atoms with Gasteiger partial charge in [-0.25, -0.2) is 0 Å². The molecule has 0 radical (unpaired) electrons. The Morgan fingerprint density at radius 3 is 3.00 bits per heavy atom. The molecule has 1 aromatic rings. The second-order valence-corrected chi connectivity index (χ2v) is 6.39. The van der Waals surface area contributed by atoms with Crippen molar-refractivity contribution in [2.75, 3.05) is 24.6 Å². The monoisotopic (exact) mass is 288 g/mol. The summed E-state index contributed by atoms with van der Waals surface area (Å²) in [6.45, 7) is 6.34. The van der Waals surface area contributed by atoms with Crippen molar-refractivity contribution in [3.05, 3.63) is 29.8 Å². The Morgan fingerprint density at radius 1 is 1.29 bits per heavy atom. The number of hydrogen-bond acceptors (Lipinski definition) is 3. The van der Waals surface area contributed by atoms with E-state index in [1.165, 1.54) is 43.4 Å². The summed E-state index contributed by atoms with van der Waals surface area (Å²) >= 11 is 0. The molecule has 0 spiro atoms. The number of ether oxygens (including phenoxy) is 1. The highest BCUT2D eigenvalue weighted by molar-refractivity contribution is 5.54. The summed E-state index contributed by atoms with van der Waals surface area (Å²) in [7, 11) is 0. The van der Waals surface area contributed by atoms with Crippen LogP contribution in [0.4, 0.5) is 5.69 Å². The van der Waals surface area contributed by atoms with Crippen LogP contribution in [0.2, 0.25) is 0 Å². The van der Waals surface area contributed by atoms with Gasteiger partial charge in [-0.1, -0.05) is 31.5 Å². The molecule has 3 heteroatoms. The maximum absolute atomic E-state index is 5.97. The van der Waals surface area contributed by atoms with Gasteiger partial charge in [0.25, 0.3) is 0 Å². The third-order valence-corrected chi connectivity index (χ3v) is 4.69. The summed E-state index contributed by atoms with van der Waals surface area (Å²) < 4.78 is 5.97. The van der Waals surface area contributed by atoms with Gasteiger partial charge in [0, 0.05) is 38.0 Å². The van der Waals surface area contributed by atoms with E-state index in [2.05, 4.69) is 41.4 Å². The van der Waals surface area contributed by atoms with Crippen LogP contribution >= 0.6 is 0 Å². The maximum Gasteiger partial charge on any atom is 0.0749 e. The largest absolute Gasteiger partial charge is 0.376 e. The molecule has 2 unspecified atom stereocenters. The standard InChI is InChI=1S/C18H28N2O/c1-2-7-16-13-20(14-17-9-5-6-11-21-17)18-10-4-3-8-15(18)12-19-16/h3-4,8,10,16-17,19H,2,5-7,9,11-14H2,1H3. The van der Waals surface area contributed by atoms with E-state index in [1.54, 1.807) is 0 Å². The van der Waals surface area contributed by atoms with Gasteiger partial charge in [0.05, 0.1) is 6.10 Å². The number of nitrogens with zero attached hydrogens (tertiary/aromatic N) is 1. The van der Waals surface area contributed by atoms with E-state index in [9.17, 15) is 0 Å². The zero-order valence-electron chi connectivity index (χ0n) is 13.2. The molecule has 116 valence electrons. The molecule has 2 atom stereocenters. The molecule has 0 bridgehead atoms. The zero-order chi connectivity index (χ0) is 14.5. The zero-order valence-corrected chi connectivity index (χ0v) is 13.2. The third-order valence-electron chi connectivity index (χ3n) is 4.69. The first-order chi connectivity index (χ1) is 10.4. The molecule has 0 aliphatic carbocycles. The van der Waals surface area contributed by atoms with Gasteiger partial charge in [0.15, 0.2) is 0 Å². The van der Waals surface area contributed by atoms with Crippen molar-refractivity contribution in [2.24, 2.45) is 0 Å². The van der Waals surface area contributed by atoms with Gasteiger partial charge in [-0.2, -0.15) is 0 Å². The Kier molecular flexibility index (Phi) is 5.15. The minimum absolute atomic E-state index is 0.409. The average molecular weight is 288 g/mol. The van der Waals surface area contributed by atoms with Crippen LogP contribution in [0.25, 0.3) is 0 Å². The molecular weight excluding hydrogens is 260 g/mol. The number of anilines is 1. The molecule has 2 aliphatic rings. The van der Waals surface area contributed by atoms with Crippen molar-refractivity contribution < 1.29 is 4.74 Å². The van der Waals surface area contributed by atoms with Crippen LogP contribution in [-0.4, -0.2) is 31.8 Å². The molecular formula is C18H28N2O. The summed E-state index contributed by atoms with van der Waals surface area (Å²) in [5, 5.41) is 3.72. The summed E-state index contributed by atoms with van der Waals surface area (Å²) in [6, 6.07) is 9.43. The molecule has 0 saturated carbocycles. The summed E-state index contributed by atoms with van der Waals surface area (Å²) in [5.41, 5.74) is 2.82. The number of hydrogen-bond donors (Lipinski definition) is 1. The molecule has 1 saturated heterocycles. The Labute approximate surface area is 128 Å². The van der Waals surface area contributed by atoms with Crippen LogP contribution in [-0.2, 0) is 11.3 Å². The highest BCUT2D eigenvalue weighted by Crippen LogP contribution is 2.26. The quantitative estimate of drug-likeness (QED) is 0.919. The molecule has 2 heterocycles. The molecule has 1 N–H and O–H groups in total. The van der Waals surface area contributed by atoms with Crippen LogP contribution in [0.1, 0.15) is 44.6 Å². The lowest BCUT2D eigenvalue weighted by Gasteiger charge is -2.33. The Balaban J connectivity index is 1.76. The van der Waals surface area contributed by atoms with Gasteiger partial charge < -0.3 is 15.0 Å². The molecule has 1 fully saturated rings. The smallest absolute Gasteiger partial charge is 0.0749 e. The predicted octanol–water partition coefficient (Wildman–Crippen LogP) is 3.33. The van der Waals surface area contributed by atoms with Crippen molar-refractivity contribution in [1.82, 2.24) is 5.32 Å². The Bertz CT molecular complexity index is 443. The Hall–Kier alpha value is -1.06. The minimum Gasteiger partial charge on any atom is -0.376 e. The van der Waals surface area contributed by atoms with Crippen LogP contribution in [0.3, 0.4) is 0 Å². The number of rotatable bonds is 4. The van der Waals surface area contributed by atoms with Crippen LogP contribution in [0.15, 0.2) is 24.3 Å². The molecule has 0 amide bonds. The van der Waals surface area contributed by atoms with Crippen LogP contribution in [0.5, 0.6) is 0 Å². The van der Waals surface area contributed by atoms with Crippen molar-refractivity contribution >= 4 is 5.69 Å². The minimum atomic E-state index is 0.409. The van der Waals surface area contributed by atoms with Crippen LogP contribution in [0, 0.1) is 0 Å². The summed E-state index contributed by atoms with van der Waals surface area (Å²) in [4.78, 5) is 2.56. The van der Waals surface area contributed by atoms with Gasteiger partial charge in [-0.3, -0.25) is 0 Å². The fourth-order valence-electron chi connectivity index (χ4n) is 3.56. The second kappa shape index (κ2) is 7.28. The molecule has 21 heavy (non-hydrogen) atoms. The van der Waals surface area contributed by atoms with E-state index in [0.29, 0.717) is 12.1 Å². The number of para-hydroxylation sites is 1. The second-order valence-electron chi connectivity index (χ2n) is 6.39. The highest BCUT2D eigenvalue weighted by atomic mass is 16.5. The third kappa shape index (κ3) is 3.78. The van der Waals surface area contributed by atoms with E-state index in [1.807, 2.05) is 0 Å². The molecule has 3 rings (SSSR count). The average Bonchev–Trinajstić information content (AvgIpc) is 2.69. The van der Waals surface area contributed by atoms with Gasteiger partial charge in [0.1, 0.15) is 0 Å². The lowest BCUT2D eigenvalue weighted by atomic mass is 10.1. The highest BCUT2D eigenvalue weighted by Gasteiger charge is 2.24. The predicted molar refractivity (Wildman–Crippen MR) is 87.8 cm³/mol. The van der Waals surface area contributed by atoms with Gasteiger partial charge in [-0.05, 0) is 37.3 Å². The van der Waals surface area contributed by atoms with Crippen molar-refractivity contribution in [2.45, 2.75) is 57.7 Å². The van der Waals surface area contributed by atoms with E-state index in [4.69, 9.17) is 4.74 Å². The normalized spacial score (nSPS) is 26.2. The van der Waals surface area contributed by atoms with Gasteiger partial charge in [0.2, 0.25) is 0 Å². The fourth-order valence-corrected chi connectivity index (χ4v) is 3.56. The molecule has 1 aromatic carbocycles. The fraction of sp³-hybridized carbons (Fsp3) is 0.667. The van der Waals surface area contributed by atoms with Crippen LogP contribution < -0.4 is 10.2 Å². The SMILES string of the molecule is CCCC1CN(CC2CCCCO2)c2ccccc2CN1. The number of benzene rings is 1. The van der Waals surface area contributed by atoms with E-state index in [-0.39, 0.29) is 0 Å². The maximum atomic E-state index is 5.97. The first-order valence-corrected chi connectivity index (χ1v) is 8.54. The van der Waals surface area contributed by atoms with E-state index < -0.39 is 0 Å². The molecule has 3 nitrogen and oxygen atoms in total. The Morgan fingerprint density at radius 2 is 2.19 bits per heavy atom. The first-order valence-electron chi connectivity index (χ1n) is 8.54. The van der Waals surface area contributed by atoms with Crippen molar-refractivity contribution in [3.8, 4) is 0 Å². The van der Waals surface area contributed by atoms with E-state index in [0.717, 1.165) is 26.2 Å². The topological polar surface area (TPSA) is 24.5 Å². The lowest BCUT2D eigenvalue weighted by Crippen LogP contribution is -2.42. The van der Waals surface area contributed by atoms with Gasteiger partial charge >= 0.3 is 0 Å². The first kappa shape index (κ1) is 14.9. The van der Waals surface area contributed by atoms with Crippen molar-refractivity contribution in [3.63, 3.8) is 0 Å². The van der Waals surface area contributed by atoms with Gasteiger partial charge in [-0.15, -0.1) is 0 Å². The summed E-state index contributed by atoms with van der Waals surface area (Å²) in [6.07, 6.45) is 6.65.